The molecule has 2 rings (SSSR count). The first-order chi connectivity index (χ1) is 10.6. The summed E-state index contributed by atoms with van der Waals surface area (Å²) in [4.78, 5) is 4.70. The van der Waals surface area contributed by atoms with Gasteiger partial charge >= 0.3 is 0 Å². The van der Waals surface area contributed by atoms with E-state index in [9.17, 15) is 5.26 Å². The highest BCUT2D eigenvalue weighted by Crippen LogP contribution is 2.25. The summed E-state index contributed by atoms with van der Waals surface area (Å²) >= 11 is 0. The van der Waals surface area contributed by atoms with E-state index in [4.69, 9.17) is 5.73 Å². The Balaban J connectivity index is 0.00000116. The van der Waals surface area contributed by atoms with E-state index >= 15 is 0 Å². The molecule has 0 bridgehead atoms. The van der Waals surface area contributed by atoms with Crippen LogP contribution in [0.1, 0.15) is 39.2 Å². The lowest BCUT2D eigenvalue weighted by atomic mass is 10.0. The Labute approximate surface area is 135 Å². The van der Waals surface area contributed by atoms with Gasteiger partial charge in [0.05, 0.1) is 11.3 Å². The van der Waals surface area contributed by atoms with Gasteiger partial charge in [-0.15, -0.1) is 0 Å². The van der Waals surface area contributed by atoms with E-state index < -0.39 is 0 Å². The van der Waals surface area contributed by atoms with E-state index in [1.54, 1.807) is 0 Å². The molecule has 0 spiro atoms. The average Bonchev–Trinajstić information content (AvgIpc) is 2.56. The number of nitrogens with zero attached hydrogens (tertiary/aromatic N) is 3. The van der Waals surface area contributed by atoms with E-state index in [-0.39, 0.29) is 6.04 Å². The van der Waals surface area contributed by atoms with Crippen molar-refractivity contribution in [1.82, 2.24) is 4.90 Å². The molecule has 1 atom stereocenters. The van der Waals surface area contributed by atoms with Crippen molar-refractivity contribution >= 4 is 5.69 Å². The summed E-state index contributed by atoms with van der Waals surface area (Å²) in [5.41, 5.74) is 7.71. The highest BCUT2D eigenvalue weighted by atomic mass is 15.2. The molecule has 1 aliphatic rings. The van der Waals surface area contributed by atoms with Crippen LogP contribution in [0.2, 0.25) is 0 Å². The third kappa shape index (κ3) is 5.01. The molecule has 1 fully saturated rings. The second-order valence-electron chi connectivity index (χ2n) is 5.76. The van der Waals surface area contributed by atoms with Crippen LogP contribution < -0.4 is 10.6 Å². The normalized spacial score (nSPS) is 16.7. The molecule has 0 aliphatic carbocycles. The first-order valence-corrected chi connectivity index (χ1v) is 8.31. The molecule has 0 aromatic heterocycles. The maximum atomic E-state index is 9.19. The van der Waals surface area contributed by atoms with Crippen LogP contribution in [-0.2, 0) is 0 Å². The maximum Gasteiger partial charge on any atom is 0.101 e. The molecule has 1 aliphatic heterocycles. The Hall–Kier alpha value is -1.57. The van der Waals surface area contributed by atoms with Gasteiger partial charge in [0.1, 0.15) is 6.07 Å². The standard InChI is InChI=1S/C16H24N4.C2H6/c1-13(18)12-19(2)15-7-9-20(10-8-15)16-6-4-3-5-14(16)11-17;1-2/h3-6,13,15H,7-10,12,18H2,1-2H3;1-2H3. The Morgan fingerprint density at radius 1 is 1.32 bits per heavy atom. The minimum Gasteiger partial charge on any atom is -0.370 e. The summed E-state index contributed by atoms with van der Waals surface area (Å²) in [6.07, 6.45) is 2.26. The number of hydrogen-bond donors (Lipinski definition) is 1. The number of anilines is 1. The van der Waals surface area contributed by atoms with Crippen LogP contribution in [0.3, 0.4) is 0 Å². The topological polar surface area (TPSA) is 56.3 Å². The highest BCUT2D eigenvalue weighted by molar-refractivity contribution is 5.59. The van der Waals surface area contributed by atoms with Crippen molar-refractivity contribution in [2.75, 3.05) is 31.6 Å². The molecular weight excluding hydrogens is 272 g/mol. The van der Waals surface area contributed by atoms with Crippen molar-refractivity contribution in [3.8, 4) is 6.07 Å². The number of hydrogen-bond acceptors (Lipinski definition) is 4. The van der Waals surface area contributed by atoms with Gasteiger partial charge in [-0.2, -0.15) is 5.26 Å². The van der Waals surface area contributed by atoms with Crippen molar-refractivity contribution in [2.24, 2.45) is 5.73 Å². The lowest BCUT2D eigenvalue weighted by molar-refractivity contribution is 0.200. The summed E-state index contributed by atoms with van der Waals surface area (Å²) in [6.45, 7) is 9.01. The third-order valence-electron chi connectivity index (χ3n) is 4.03. The average molecular weight is 302 g/mol. The van der Waals surface area contributed by atoms with Gasteiger partial charge in [-0.25, -0.2) is 0 Å². The highest BCUT2D eigenvalue weighted by Gasteiger charge is 2.23. The van der Waals surface area contributed by atoms with Gasteiger partial charge in [0, 0.05) is 31.7 Å². The lowest BCUT2D eigenvalue weighted by Crippen LogP contribution is -2.46. The van der Waals surface area contributed by atoms with Gasteiger partial charge in [-0.1, -0.05) is 26.0 Å². The summed E-state index contributed by atoms with van der Waals surface area (Å²) in [6, 6.07) is 11.0. The Kier molecular flexibility index (Phi) is 7.94. The molecule has 0 amide bonds. The molecule has 1 saturated heterocycles. The van der Waals surface area contributed by atoms with Crippen LogP contribution in [0.5, 0.6) is 0 Å². The minimum atomic E-state index is 0.220. The molecule has 2 N–H and O–H groups in total. The van der Waals surface area contributed by atoms with Gasteiger partial charge < -0.3 is 15.5 Å². The quantitative estimate of drug-likeness (QED) is 0.929. The lowest BCUT2D eigenvalue weighted by Gasteiger charge is -2.38. The molecule has 122 valence electrons. The molecular formula is C18H30N4. The van der Waals surface area contributed by atoms with E-state index in [0.29, 0.717) is 6.04 Å². The van der Waals surface area contributed by atoms with Crippen LogP contribution >= 0.6 is 0 Å². The molecule has 1 aromatic carbocycles. The fourth-order valence-electron chi connectivity index (χ4n) is 2.99. The van der Waals surface area contributed by atoms with Crippen molar-refractivity contribution in [1.29, 1.82) is 5.26 Å². The van der Waals surface area contributed by atoms with E-state index in [1.807, 2.05) is 38.1 Å². The van der Waals surface area contributed by atoms with Crippen molar-refractivity contribution in [3.05, 3.63) is 29.8 Å². The monoisotopic (exact) mass is 302 g/mol. The number of para-hydroxylation sites is 1. The molecule has 1 unspecified atom stereocenters. The number of rotatable bonds is 4. The smallest absolute Gasteiger partial charge is 0.101 e. The van der Waals surface area contributed by atoms with Crippen molar-refractivity contribution in [3.63, 3.8) is 0 Å². The second kappa shape index (κ2) is 9.45. The van der Waals surface area contributed by atoms with E-state index in [2.05, 4.69) is 29.8 Å². The SMILES string of the molecule is CC.CC(N)CN(C)C1CCN(c2ccccc2C#N)CC1. The van der Waals surface area contributed by atoms with Crippen LogP contribution in [0.15, 0.2) is 24.3 Å². The molecule has 0 saturated carbocycles. The molecule has 22 heavy (non-hydrogen) atoms. The van der Waals surface area contributed by atoms with Crippen LogP contribution in [0.25, 0.3) is 0 Å². The predicted molar refractivity (Wildman–Crippen MR) is 94.0 cm³/mol. The zero-order chi connectivity index (χ0) is 16.5. The van der Waals surface area contributed by atoms with Crippen LogP contribution in [-0.4, -0.2) is 43.7 Å². The van der Waals surface area contributed by atoms with Gasteiger partial charge in [-0.3, -0.25) is 0 Å². The zero-order valence-electron chi connectivity index (χ0n) is 14.4. The molecule has 1 aromatic rings. The molecule has 1 heterocycles. The first-order valence-electron chi connectivity index (χ1n) is 8.31. The zero-order valence-corrected chi connectivity index (χ0v) is 14.4. The van der Waals surface area contributed by atoms with Crippen molar-refractivity contribution < 1.29 is 0 Å². The summed E-state index contributed by atoms with van der Waals surface area (Å²) in [5, 5.41) is 9.19. The first kappa shape index (κ1) is 18.5. The van der Waals surface area contributed by atoms with Crippen molar-refractivity contribution in [2.45, 2.75) is 45.7 Å². The number of piperidine rings is 1. The number of likely N-dealkylation sites (N-methyl/N-ethyl adjacent to an activating group) is 1. The van der Waals surface area contributed by atoms with E-state index in [1.165, 1.54) is 0 Å². The number of nitrogens with two attached hydrogens (primary N) is 1. The maximum absolute atomic E-state index is 9.19. The molecule has 4 heteroatoms. The van der Waals surface area contributed by atoms with Gasteiger partial charge in [0.2, 0.25) is 0 Å². The van der Waals surface area contributed by atoms with E-state index in [0.717, 1.165) is 43.7 Å². The van der Waals surface area contributed by atoms with Gasteiger partial charge in [0.25, 0.3) is 0 Å². The summed E-state index contributed by atoms with van der Waals surface area (Å²) < 4.78 is 0. The fourth-order valence-corrected chi connectivity index (χ4v) is 2.99. The Bertz CT molecular complexity index is 470. The fraction of sp³-hybridized carbons (Fsp3) is 0.611. The predicted octanol–water partition coefficient (Wildman–Crippen LogP) is 2.83. The molecule has 0 radical (unpaired) electrons. The minimum absolute atomic E-state index is 0.220. The van der Waals surface area contributed by atoms with Gasteiger partial charge in [0.15, 0.2) is 0 Å². The number of nitriles is 1. The Morgan fingerprint density at radius 3 is 2.45 bits per heavy atom. The Morgan fingerprint density at radius 2 is 1.91 bits per heavy atom. The van der Waals surface area contributed by atoms with Gasteiger partial charge in [-0.05, 0) is 38.9 Å². The summed E-state index contributed by atoms with van der Waals surface area (Å²) in [7, 11) is 2.16. The largest absolute Gasteiger partial charge is 0.370 e. The summed E-state index contributed by atoms with van der Waals surface area (Å²) in [5.74, 6) is 0. The second-order valence-corrected chi connectivity index (χ2v) is 5.76. The number of benzene rings is 1. The third-order valence-corrected chi connectivity index (χ3v) is 4.03. The molecule has 4 nitrogen and oxygen atoms in total. The van der Waals surface area contributed by atoms with Crippen LogP contribution in [0, 0.1) is 11.3 Å². The van der Waals surface area contributed by atoms with Crippen LogP contribution in [0.4, 0.5) is 5.69 Å².